The first-order valence-corrected chi connectivity index (χ1v) is 6.83. The Kier molecular flexibility index (Phi) is 4.68. The van der Waals surface area contributed by atoms with Gasteiger partial charge in [-0.15, -0.1) is 0 Å². The Hall–Kier alpha value is -1.95. The maximum Gasteiger partial charge on any atom is 0.338 e. The van der Waals surface area contributed by atoms with Gasteiger partial charge in [-0.3, -0.25) is 9.78 Å². The van der Waals surface area contributed by atoms with E-state index in [1.54, 1.807) is 0 Å². The van der Waals surface area contributed by atoms with Gasteiger partial charge in [-0.25, -0.2) is 4.79 Å². The summed E-state index contributed by atoms with van der Waals surface area (Å²) in [5.74, 6) is -1.55. The predicted octanol–water partition coefficient (Wildman–Crippen LogP) is 0.994. The number of nitrogens with zero attached hydrogens (tertiary/aromatic N) is 2. The average molecular weight is 277 g/mol. The number of pyridine rings is 1. The molecule has 1 fully saturated rings. The summed E-state index contributed by atoms with van der Waals surface area (Å²) in [6, 6.07) is 2.96. The van der Waals surface area contributed by atoms with Crippen LogP contribution in [-0.2, 0) is 0 Å². The van der Waals surface area contributed by atoms with Crippen molar-refractivity contribution in [2.24, 2.45) is 0 Å². The number of hydrogen-bond acceptors (Lipinski definition) is 4. The molecular formula is C14H19N3O3. The Labute approximate surface area is 117 Å². The van der Waals surface area contributed by atoms with E-state index in [1.807, 2.05) is 0 Å². The third kappa shape index (κ3) is 3.33. The summed E-state index contributed by atoms with van der Waals surface area (Å²) in [6.07, 6.45) is 3.38. The molecule has 1 amide bonds. The first-order valence-electron chi connectivity index (χ1n) is 6.83. The van der Waals surface area contributed by atoms with E-state index in [9.17, 15) is 9.59 Å². The number of hydrogen-bond donors (Lipinski definition) is 2. The van der Waals surface area contributed by atoms with Crippen molar-refractivity contribution in [1.29, 1.82) is 0 Å². The lowest BCUT2D eigenvalue weighted by molar-refractivity contribution is 0.0688. The highest BCUT2D eigenvalue weighted by atomic mass is 16.4. The van der Waals surface area contributed by atoms with Crippen LogP contribution in [0.2, 0.25) is 0 Å². The number of nitrogens with one attached hydrogen (secondary N) is 1. The number of aromatic carboxylic acids is 1. The summed E-state index contributed by atoms with van der Waals surface area (Å²) in [4.78, 5) is 29.4. The second kappa shape index (κ2) is 6.47. The summed E-state index contributed by atoms with van der Waals surface area (Å²) in [5.41, 5.74) is -0.0817. The third-order valence-corrected chi connectivity index (χ3v) is 3.54. The first-order chi connectivity index (χ1) is 9.61. The Balaban J connectivity index is 2.07. The summed E-state index contributed by atoms with van der Waals surface area (Å²) >= 11 is 0. The smallest absolute Gasteiger partial charge is 0.338 e. The summed E-state index contributed by atoms with van der Waals surface area (Å²) in [7, 11) is 0. The molecule has 0 radical (unpaired) electrons. The van der Waals surface area contributed by atoms with Gasteiger partial charge in [-0.05, 0) is 38.1 Å². The van der Waals surface area contributed by atoms with Crippen LogP contribution in [0.3, 0.4) is 0 Å². The van der Waals surface area contributed by atoms with Crippen LogP contribution >= 0.6 is 0 Å². The molecule has 1 aliphatic rings. The van der Waals surface area contributed by atoms with Crippen molar-refractivity contribution in [3.63, 3.8) is 0 Å². The van der Waals surface area contributed by atoms with Crippen LogP contribution in [0, 0.1) is 0 Å². The van der Waals surface area contributed by atoms with Crippen molar-refractivity contribution < 1.29 is 14.7 Å². The topological polar surface area (TPSA) is 82.5 Å². The number of piperidine rings is 1. The summed E-state index contributed by atoms with van der Waals surface area (Å²) in [6.45, 7) is 4.89. The third-order valence-electron chi connectivity index (χ3n) is 3.54. The molecule has 1 aromatic heterocycles. The van der Waals surface area contributed by atoms with Crippen LogP contribution in [0.25, 0.3) is 0 Å². The van der Waals surface area contributed by atoms with E-state index in [1.165, 1.54) is 18.3 Å². The molecule has 108 valence electrons. The van der Waals surface area contributed by atoms with Gasteiger partial charge >= 0.3 is 5.97 Å². The van der Waals surface area contributed by atoms with E-state index < -0.39 is 11.9 Å². The van der Waals surface area contributed by atoms with E-state index in [-0.39, 0.29) is 17.3 Å². The van der Waals surface area contributed by atoms with Gasteiger partial charge in [-0.1, -0.05) is 6.92 Å². The van der Waals surface area contributed by atoms with Crippen molar-refractivity contribution in [2.75, 3.05) is 19.6 Å². The van der Waals surface area contributed by atoms with Gasteiger partial charge in [0.1, 0.15) is 5.69 Å². The number of carbonyl (C=O) groups excluding carboxylic acids is 1. The largest absolute Gasteiger partial charge is 0.478 e. The molecule has 1 saturated heterocycles. The molecule has 20 heavy (non-hydrogen) atoms. The fourth-order valence-electron chi connectivity index (χ4n) is 2.47. The zero-order chi connectivity index (χ0) is 14.5. The van der Waals surface area contributed by atoms with Crippen LogP contribution in [0.1, 0.15) is 40.6 Å². The molecule has 0 aliphatic carbocycles. The van der Waals surface area contributed by atoms with Crippen molar-refractivity contribution in [1.82, 2.24) is 15.2 Å². The molecule has 1 aliphatic heterocycles. The molecule has 2 heterocycles. The Morgan fingerprint density at radius 2 is 2.35 bits per heavy atom. The highest BCUT2D eigenvalue weighted by Gasteiger charge is 2.23. The number of rotatable bonds is 4. The van der Waals surface area contributed by atoms with Crippen molar-refractivity contribution in [3.8, 4) is 0 Å². The lowest BCUT2D eigenvalue weighted by Crippen LogP contribution is -2.47. The van der Waals surface area contributed by atoms with Crippen molar-refractivity contribution >= 4 is 11.9 Å². The second-order valence-corrected chi connectivity index (χ2v) is 4.91. The zero-order valence-electron chi connectivity index (χ0n) is 11.5. The van der Waals surface area contributed by atoms with Crippen LogP contribution < -0.4 is 5.32 Å². The maximum atomic E-state index is 12.2. The number of likely N-dealkylation sites (tertiary alicyclic amines) is 1. The van der Waals surface area contributed by atoms with Gasteiger partial charge in [0.2, 0.25) is 0 Å². The highest BCUT2D eigenvalue weighted by molar-refractivity contribution is 6.03. The molecule has 2 N–H and O–H groups in total. The van der Waals surface area contributed by atoms with Crippen molar-refractivity contribution in [3.05, 3.63) is 29.6 Å². The van der Waals surface area contributed by atoms with Gasteiger partial charge in [-0.2, -0.15) is 0 Å². The Morgan fingerprint density at radius 3 is 3.05 bits per heavy atom. The van der Waals surface area contributed by atoms with E-state index in [0.717, 1.165) is 32.5 Å². The second-order valence-electron chi connectivity index (χ2n) is 4.91. The van der Waals surface area contributed by atoms with Crippen LogP contribution in [-0.4, -0.2) is 52.5 Å². The standard InChI is InChI=1S/C14H19N3O3/c1-2-17-8-4-5-10(9-17)16-13(18)12-11(14(19)20)6-3-7-15-12/h3,6-7,10H,2,4-5,8-9H2,1H3,(H,16,18)(H,19,20). The molecule has 1 unspecified atom stereocenters. The van der Waals surface area contributed by atoms with E-state index >= 15 is 0 Å². The molecule has 6 heteroatoms. The lowest BCUT2D eigenvalue weighted by Gasteiger charge is -2.32. The maximum absolute atomic E-state index is 12.2. The van der Waals surface area contributed by atoms with Gasteiger partial charge in [0, 0.05) is 18.8 Å². The number of amides is 1. The molecule has 1 atom stereocenters. The predicted molar refractivity (Wildman–Crippen MR) is 73.8 cm³/mol. The van der Waals surface area contributed by atoms with Crippen LogP contribution in [0.5, 0.6) is 0 Å². The molecule has 1 aromatic rings. The normalized spacial score (nSPS) is 19.6. The van der Waals surface area contributed by atoms with Crippen LogP contribution in [0.4, 0.5) is 0 Å². The van der Waals surface area contributed by atoms with Crippen LogP contribution in [0.15, 0.2) is 18.3 Å². The number of carbonyl (C=O) groups is 2. The molecule has 0 bridgehead atoms. The fraction of sp³-hybridized carbons (Fsp3) is 0.500. The molecular weight excluding hydrogens is 258 g/mol. The average Bonchev–Trinajstić information content (AvgIpc) is 2.47. The number of likely N-dealkylation sites (N-methyl/N-ethyl adjacent to an activating group) is 1. The molecule has 6 nitrogen and oxygen atoms in total. The highest BCUT2D eigenvalue weighted by Crippen LogP contribution is 2.11. The van der Waals surface area contributed by atoms with Gasteiger partial charge < -0.3 is 15.3 Å². The number of carboxylic acid groups (broad SMARTS) is 1. The van der Waals surface area contributed by atoms with E-state index in [0.29, 0.717) is 0 Å². The van der Waals surface area contributed by atoms with E-state index in [2.05, 4.69) is 22.1 Å². The molecule has 0 saturated carbocycles. The van der Waals surface area contributed by atoms with Gasteiger partial charge in [0.05, 0.1) is 5.56 Å². The molecule has 0 aromatic carbocycles. The quantitative estimate of drug-likeness (QED) is 0.857. The first kappa shape index (κ1) is 14.5. The van der Waals surface area contributed by atoms with Crippen molar-refractivity contribution in [2.45, 2.75) is 25.8 Å². The zero-order valence-corrected chi connectivity index (χ0v) is 11.5. The Morgan fingerprint density at radius 1 is 1.55 bits per heavy atom. The summed E-state index contributed by atoms with van der Waals surface area (Å²) < 4.78 is 0. The Bertz CT molecular complexity index is 504. The number of aromatic nitrogens is 1. The fourth-order valence-corrected chi connectivity index (χ4v) is 2.47. The monoisotopic (exact) mass is 277 g/mol. The minimum atomic E-state index is -1.14. The molecule has 0 spiro atoms. The van der Waals surface area contributed by atoms with Gasteiger partial charge in [0.15, 0.2) is 0 Å². The van der Waals surface area contributed by atoms with E-state index in [4.69, 9.17) is 5.11 Å². The lowest BCUT2D eigenvalue weighted by atomic mass is 10.1. The minimum Gasteiger partial charge on any atom is -0.478 e. The SMILES string of the molecule is CCN1CCCC(NC(=O)c2ncccc2C(=O)O)C1. The molecule has 2 rings (SSSR count). The number of carboxylic acids is 1. The van der Waals surface area contributed by atoms with Gasteiger partial charge in [0.25, 0.3) is 5.91 Å². The minimum absolute atomic E-state index is 0.0198. The summed E-state index contributed by atoms with van der Waals surface area (Å²) in [5, 5.41) is 12.0.